The third-order valence-electron chi connectivity index (χ3n) is 2.80. The molecule has 0 heterocycles. The third kappa shape index (κ3) is 5.40. The maximum absolute atomic E-state index is 8.59. The summed E-state index contributed by atoms with van der Waals surface area (Å²) in [6, 6.07) is 9.42. The molecule has 3 nitrogen and oxygen atoms in total. The molecule has 0 bridgehead atoms. The van der Waals surface area contributed by atoms with Gasteiger partial charge in [-0.15, -0.1) is 11.8 Å². The van der Waals surface area contributed by atoms with Crippen molar-refractivity contribution in [1.29, 1.82) is 0 Å². The Balaban J connectivity index is 1.68. The van der Waals surface area contributed by atoms with Gasteiger partial charge < -0.3 is 15.2 Å². The van der Waals surface area contributed by atoms with Gasteiger partial charge in [0, 0.05) is 23.2 Å². The van der Waals surface area contributed by atoms with E-state index >= 15 is 0 Å². The van der Waals surface area contributed by atoms with Crippen molar-refractivity contribution >= 4 is 11.8 Å². The van der Waals surface area contributed by atoms with Crippen LogP contribution in [0.3, 0.4) is 0 Å². The highest BCUT2D eigenvalue weighted by atomic mass is 32.2. The van der Waals surface area contributed by atoms with E-state index in [2.05, 4.69) is 29.6 Å². The molecular formula is C14H21NO2S. The first-order valence-electron chi connectivity index (χ1n) is 6.52. The van der Waals surface area contributed by atoms with Crippen molar-refractivity contribution in [3.63, 3.8) is 0 Å². The Hall–Kier alpha value is -0.550. The summed E-state index contributed by atoms with van der Waals surface area (Å²) in [4.78, 5) is 1.29. The summed E-state index contributed by atoms with van der Waals surface area (Å²) in [5.74, 6) is 0.930. The first kappa shape index (κ1) is 13.9. The van der Waals surface area contributed by atoms with Gasteiger partial charge in [0.1, 0.15) is 0 Å². The molecule has 0 aliphatic heterocycles. The lowest BCUT2D eigenvalue weighted by atomic mass is 10.2. The van der Waals surface area contributed by atoms with Crippen LogP contribution in [-0.2, 0) is 11.3 Å². The van der Waals surface area contributed by atoms with Crippen LogP contribution in [0.5, 0.6) is 0 Å². The standard InChI is InChI=1S/C14H21NO2S/c16-6-7-17-8-9-18-14-3-1-2-12(10-14)11-15-13-4-5-13/h1-3,10,13,15-16H,4-9,11H2. The Morgan fingerprint density at radius 2 is 2.22 bits per heavy atom. The van der Waals surface area contributed by atoms with Crippen LogP contribution in [0, 0.1) is 0 Å². The second-order valence-corrected chi connectivity index (χ2v) is 5.66. The summed E-state index contributed by atoms with van der Waals surface area (Å²) < 4.78 is 5.24. The molecule has 1 aromatic rings. The van der Waals surface area contributed by atoms with Crippen LogP contribution in [0.1, 0.15) is 18.4 Å². The Bertz CT molecular complexity index is 355. The van der Waals surface area contributed by atoms with Gasteiger partial charge in [0.05, 0.1) is 19.8 Å². The fourth-order valence-corrected chi connectivity index (χ4v) is 2.53. The van der Waals surface area contributed by atoms with Crippen LogP contribution >= 0.6 is 11.8 Å². The molecule has 0 amide bonds. The number of aliphatic hydroxyl groups excluding tert-OH is 1. The van der Waals surface area contributed by atoms with Crippen LogP contribution in [0.25, 0.3) is 0 Å². The summed E-state index contributed by atoms with van der Waals surface area (Å²) in [6.07, 6.45) is 2.66. The van der Waals surface area contributed by atoms with Crippen molar-refractivity contribution in [2.24, 2.45) is 0 Å². The number of ether oxygens (including phenoxy) is 1. The predicted octanol–water partition coefficient (Wildman–Crippen LogP) is 2.04. The fourth-order valence-electron chi connectivity index (χ4n) is 1.68. The molecule has 4 heteroatoms. The predicted molar refractivity (Wildman–Crippen MR) is 74.9 cm³/mol. The average molecular weight is 267 g/mol. The molecule has 18 heavy (non-hydrogen) atoms. The lowest BCUT2D eigenvalue weighted by Gasteiger charge is -2.06. The lowest BCUT2D eigenvalue weighted by Crippen LogP contribution is -2.15. The number of benzene rings is 1. The van der Waals surface area contributed by atoms with Crippen LogP contribution in [0.2, 0.25) is 0 Å². The van der Waals surface area contributed by atoms with E-state index < -0.39 is 0 Å². The molecule has 0 radical (unpaired) electrons. The average Bonchev–Trinajstić information content (AvgIpc) is 3.21. The van der Waals surface area contributed by atoms with Gasteiger partial charge in [-0.3, -0.25) is 0 Å². The zero-order valence-electron chi connectivity index (χ0n) is 10.6. The van der Waals surface area contributed by atoms with Crippen molar-refractivity contribution in [3.05, 3.63) is 29.8 Å². The topological polar surface area (TPSA) is 41.5 Å². The van der Waals surface area contributed by atoms with Gasteiger partial charge in [0.15, 0.2) is 0 Å². The van der Waals surface area contributed by atoms with E-state index in [1.165, 1.54) is 23.3 Å². The van der Waals surface area contributed by atoms with Gasteiger partial charge in [-0.1, -0.05) is 12.1 Å². The largest absolute Gasteiger partial charge is 0.394 e. The molecule has 2 rings (SSSR count). The number of nitrogens with one attached hydrogen (secondary N) is 1. The molecule has 0 aromatic heterocycles. The second kappa shape index (κ2) is 7.79. The summed E-state index contributed by atoms with van der Waals surface area (Å²) >= 11 is 1.80. The Morgan fingerprint density at radius 3 is 3.00 bits per heavy atom. The van der Waals surface area contributed by atoms with Gasteiger partial charge >= 0.3 is 0 Å². The van der Waals surface area contributed by atoms with E-state index in [0.717, 1.165) is 18.3 Å². The maximum Gasteiger partial charge on any atom is 0.0698 e. The number of aliphatic hydroxyl groups is 1. The molecule has 0 unspecified atom stereocenters. The minimum absolute atomic E-state index is 0.104. The van der Waals surface area contributed by atoms with Crippen molar-refractivity contribution in [3.8, 4) is 0 Å². The van der Waals surface area contributed by atoms with Gasteiger partial charge in [0.25, 0.3) is 0 Å². The van der Waals surface area contributed by atoms with E-state index in [-0.39, 0.29) is 6.61 Å². The van der Waals surface area contributed by atoms with Crippen molar-refractivity contribution < 1.29 is 9.84 Å². The molecule has 0 atom stereocenters. The van der Waals surface area contributed by atoms with Gasteiger partial charge in [-0.2, -0.15) is 0 Å². The normalized spacial score (nSPS) is 14.9. The number of hydrogen-bond donors (Lipinski definition) is 2. The highest BCUT2D eigenvalue weighted by molar-refractivity contribution is 7.99. The highest BCUT2D eigenvalue weighted by Gasteiger charge is 2.19. The molecule has 1 fully saturated rings. The lowest BCUT2D eigenvalue weighted by molar-refractivity contribution is 0.103. The smallest absolute Gasteiger partial charge is 0.0698 e. The van der Waals surface area contributed by atoms with Crippen molar-refractivity contribution in [1.82, 2.24) is 5.32 Å². The molecule has 1 aromatic carbocycles. The van der Waals surface area contributed by atoms with Gasteiger partial charge in [-0.05, 0) is 30.5 Å². The molecule has 1 aliphatic rings. The SMILES string of the molecule is OCCOCCSc1cccc(CNC2CC2)c1. The van der Waals surface area contributed by atoms with Crippen molar-refractivity contribution in [2.45, 2.75) is 30.3 Å². The van der Waals surface area contributed by atoms with E-state index in [1.807, 2.05) is 0 Å². The summed E-state index contributed by atoms with van der Waals surface area (Å²) in [7, 11) is 0. The molecule has 0 spiro atoms. The first-order valence-corrected chi connectivity index (χ1v) is 7.51. The second-order valence-electron chi connectivity index (χ2n) is 4.49. The molecule has 1 saturated carbocycles. The molecule has 0 saturated heterocycles. The van der Waals surface area contributed by atoms with Crippen LogP contribution in [0.4, 0.5) is 0 Å². The first-order chi connectivity index (χ1) is 8.88. The van der Waals surface area contributed by atoms with Gasteiger partial charge in [0.2, 0.25) is 0 Å². The van der Waals surface area contributed by atoms with Crippen LogP contribution in [-0.4, -0.2) is 36.7 Å². The zero-order valence-corrected chi connectivity index (χ0v) is 11.4. The van der Waals surface area contributed by atoms with E-state index in [9.17, 15) is 0 Å². The number of thioether (sulfide) groups is 1. The minimum atomic E-state index is 0.104. The molecule has 2 N–H and O–H groups in total. The number of hydrogen-bond acceptors (Lipinski definition) is 4. The van der Waals surface area contributed by atoms with E-state index in [1.54, 1.807) is 11.8 Å². The van der Waals surface area contributed by atoms with Crippen LogP contribution < -0.4 is 5.32 Å². The van der Waals surface area contributed by atoms with Gasteiger partial charge in [-0.25, -0.2) is 0 Å². The summed E-state index contributed by atoms with van der Waals surface area (Å²) in [6.45, 7) is 2.20. The Kier molecular flexibility index (Phi) is 6.00. The highest BCUT2D eigenvalue weighted by Crippen LogP contribution is 2.21. The summed E-state index contributed by atoms with van der Waals surface area (Å²) in [5, 5.41) is 12.1. The zero-order chi connectivity index (χ0) is 12.6. The van der Waals surface area contributed by atoms with Crippen LogP contribution in [0.15, 0.2) is 29.2 Å². The number of rotatable bonds is 9. The molecule has 100 valence electrons. The molecular weight excluding hydrogens is 246 g/mol. The Morgan fingerprint density at radius 1 is 1.33 bits per heavy atom. The quantitative estimate of drug-likeness (QED) is 0.531. The third-order valence-corrected chi connectivity index (χ3v) is 3.76. The maximum atomic E-state index is 8.59. The van der Waals surface area contributed by atoms with Crippen molar-refractivity contribution in [2.75, 3.05) is 25.6 Å². The van der Waals surface area contributed by atoms with E-state index in [4.69, 9.17) is 9.84 Å². The monoisotopic (exact) mass is 267 g/mol. The fraction of sp³-hybridized carbons (Fsp3) is 0.571. The van der Waals surface area contributed by atoms with E-state index in [0.29, 0.717) is 13.2 Å². The minimum Gasteiger partial charge on any atom is -0.394 e. The summed E-state index contributed by atoms with van der Waals surface area (Å²) in [5.41, 5.74) is 1.35. The molecule has 1 aliphatic carbocycles. The Labute approximate surface area is 113 Å².